The van der Waals surface area contributed by atoms with Gasteiger partial charge < -0.3 is 10.1 Å². The van der Waals surface area contributed by atoms with Crippen molar-refractivity contribution in [3.05, 3.63) is 105 Å². The molecule has 3 aromatic rings. The minimum atomic E-state index is -0.379. The van der Waals surface area contributed by atoms with E-state index in [-0.39, 0.29) is 16.9 Å². The summed E-state index contributed by atoms with van der Waals surface area (Å²) in [5.74, 6) is 0.628. The van der Waals surface area contributed by atoms with Crippen LogP contribution in [0.2, 0.25) is 5.02 Å². The topological polar surface area (TPSA) is 21.3 Å². The summed E-state index contributed by atoms with van der Waals surface area (Å²) in [5.41, 5.74) is 8.13. The number of halogens is 2. The van der Waals surface area contributed by atoms with Crippen molar-refractivity contribution in [2.24, 2.45) is 5.92 Å². The van der Waals surface area contributed by atoms with E-state index in [9.17, 15) is 4.39 Å². The summed E-state index contributed by atoms with van der Waals surface area (Å²) in [4.78, 5) is 0. The lowest BCUT2D eigenvalue weighted by Crippen LogP contribution is -2.22. The van der Waals surface area contributed by atoms with Gasteiger partial charge in [-0.05, 0) is 73.6 Å². The fraction of sp³-hybridized carbons (Fsp3) is 0.355. The van der Waals surface area contributed by atoms with Crippen molar-refractivity contribution in [1.29, 1.82) is 0 Å². The minimum Gasteiger partial charge on any atom is -0.487 e. The number of hydrogen-bond donors (Lipinski definition) is 1. The highest BCUT2D eigenvalue weighted by atomic mass is 35.5. The van der Waals surface area contributed by atoms with Crippen LogP contribution in [0.25, 0.3) is 5.70 Å². The van der Waals surface area contributed by atoms with E-state index in [0.29, 0.717) is 18.3 Å². The first kappa shape index (κ1) is 26.8. The third kappa shape index (κ3) is 7.60. The van der Waals surface area contributed by atoms with Gasteiger partial charge in [-0.3, -0.25) is 0 Å². The van der Waals surface area contributed by atoms with Crippen molar-refractivity contribution in [2.75, 3.05) is 0 Å². The maximum absolute atomic E-state index is 13.4. The molecular weight excluding hydrogens is 457 g/mol. The molecule has 3 rings (SSSR count). The molecule has 0 amide bonds. The molecule has 0 heterocycles. The molecule has 1 N–H and O–H groups in total. The van der Waals surface area contributed by atoms with Crippen LogP contribution in [0.15, 0.2) is 61.2 Å². The number of rotatable bonds is 11. The molecule has 0 radical (unpaired) electrons. The fourth-order valence-electron chi connectivity index (χ4n) is 4.48. The van der Waals surface area contributed by atoms with Gasteiger partial charge in [0.15, 0.2) is 0 Å². The Morgan fingerprint density at radius 2 is 1.74 bits per heavy atom. The van der Waals surface area contributed by atoms with Crippen LogP contribution >= 0.6 is 11.6 Å². The lowest BCUT2D eigenvalue weighted by Gasteiger charge is -2.26. The summed E-state index contributed by atoms with van der Waals surface area (Å²) >= 11 is 6.13. The van der Waals surface area contributed by atoms with Crippen molar-refractivity contribution in [3.63, 3.8) is 0 Å². The zero-order valence-electron chi connectivity index (χ0n) is 21.6. The zero-order valence-corrected chi connectivity index (χ0v) is 22.3. The molecule has 1 atom stereocenters. The Kier molecular flexibility index (Phi) is 9.40. The predicted octanol–water partition coefficient (Wildman–Crippen LogP) is 8.98. The number of aryl methyl sites for hydroxylation is 3. The fourth-order valence-corrected chi connectivity index (χ4v) is 4.71. The van der Waals surface area contributed by atoms with Crippen molar-refractivity contribution >= 4 is 17.3 Å². The predicted molar refractivity (Wildman–Crippen MR) is 146 cm³/mol. The molecule has 0 saturated heterocycles. The maximum atomic E-state index is 13.4. The van der Waals surface area contributed by atoms with E-state index in [1.807, 2.05) is 0 Å². The number of ether oxygens (including phenoxy) is 1. The van der Waals surface area contributed by atoms with Gasteiger partial charge in [0.1, 0.15) is 18.2 Å². The molecule has 3 aromatic carbocycles. The monoisotopic (exact) mass is 493 g/mol. The first-order valence-electron chi connectivity index (χ1n) is 12.4. The van der Waals surface area contributed by atoms with E-state index in [0.717, 1.165) is 36.1 Å². The molecule has 0 spiro atoms. The van der Waals surface area contributed by atoms with Crippen LogP contribution in [0.3, 0.4) is 0 Å². The molecule has 0 bridgehead atoms. The summed E-state index contributed by atoms with van der Waals surface area (Å²) in [5, 5.41) is 4.02. The Labute approximate surface area is 215 Å². The largest absolute Gasteiger partial charge is 0.487 e. The lowest BCUT2D eigenvalue weighted by molar-refractivity contribution is 0.306. The molecule has 0 saturated carbocycles. The standard InChI is InChI=1S/C31H37ClFNO/c1-7-8-25-10-9-24(19-35-31-12-11-27(33)18-29(31)32)17-28(25)23(6)34-30(13-20(2)3)26-15-21(4)14-22(5)16-26/h9-12,14-18,20,30,34H,6-8,13,19H2,1-5H3. The van der Waals surface area contributed by atoms with Gasteiger partial charge in [-0.2, -0.15) is 0 Å². The summed E-state index contributed by atoms with van der Waals surface area (Å²) in [6, 6.07) is 17.5. The van der Waals surface area contributed by atoms with E-state index in [4.69, 9.17) is 16.3 Å². The Hall–Kier alpha value is -2.78. The van der Waals surface area contributed by atoms with Crippen LogP contribution in [0.5, 0.6) is 5.75 Å². The van der Waals surface area contributed by atoms with Crippen LogP contribution in [-0.4, -0.2) is 0 Å². The summed E-state index contributed by atoms with van der Waals surface area (Å²) in [6.07, 6.45) is 3.03. The van der Waals surface area contributed by atoms with Gasteiger partial charge >= 0.3 is 0 Å². The maximum Gasteiger partial charge on any atom is 0.138 e. The molecule has 0 fully saturated rings. The van der Waals surface area contributed by atoms with Crippen LogP contribution in [0.4, 0.5) is 4.39 Å². The average Bonchev–Trinajstić information content (AvgIpc) is 2.78. The molecule has 0 aliphatic rings. The van der Waals surface area contributed by atoms with Gasteiger partial charge in [-0.25, -0.2) is 4.39 Å². The Balaban J connectivity index is 1.86. The van der Waals surface area contributed by atoms with Crippen LogP contribution in [0.1, 0.15) is 73.0 Å². The van der Waals surface area contributed by atoms with Crippen LogP contribution < -0.4 is 10.1 Å². The van der Waals surface area contributed by atoms with Gasteiger partial charge in [0.25, 0.3) is 0 Å². The first-order chi connectivity index (χ1) is 16.7. The quantitative estimate of drug-likeness (QED) is 0.287. The number of nitrogens with one attached hydrogen (secondary N) is 1. The smallest absolute Gasteiger partial charge is 0.138 e. The Morgan fingerprint density at radius 3 is 2.37 bits per heavy atom. The minimum absolute atomic E-state index is 0.175. The van der Waals surface area contributed by atoms with Gasteiger partial charge in [-0.1, -0.05) is 86.8 Å². The molecule has 0 aromatic heterocycles. The summed E-state index contributed by atoms with van der Waals surface area (Å²) < 4.78 is 19.3. The molecule has 1 unspecified atom stereocenters. The lowest BCUT2D eigenvalue weighted by atomic mass is 9.93. The Morgan fingerprint density at radius 1 is 1.03 bits per heavy atom. The van der Waals surface area contributed by atoms with E-state index in [1.54, 1.807) is 6.07 Å². The number of benzene rings is 3. The van der Waals surface area contributed by atoms with Gasteiger partial charge in [0.05, 0.1) is 11.1 Å². The molecule has 2 nitrogen and oxygen atoms in total. The van der Waals surface area contributed by atoms with E-state index < -0.39 is 0 Å². The molecule has 0 aliphatic carbocycles. The first-order valence-corrected chi connectivity index (χ1v) is 12.8. The normalized spacial score (nSPS) is 12.0. The summed E-state index contributed by atoms with van der Waals surface area (Å²) in [7, 11) is 0. The van der Waals surface area contributed by atoms with Crippen molar-refractivity contribution in [1.82, 2.24) is 5.32 Å². The van der Waals surface area contributed by atoms with Crippen LogP contribution in [-0.2, 0) is 13.0 Å². The molecule has 0 aliphatic heterocycles. The van der Waals surface area contributed by atoms with Gasteiger partial charge in [0, 0.05) is 11.3 Å². The number of hydrogen-bond acceptors (Lipinski definition) is 2. The summed E-state index contributed by atoms with van der Waals surface area (Å²) in [6.45, 7) is 15.8. The second-order valence-electron chi connectivity index (χ2n) is 9.83. The van der Waals surface area contributed by atoms with Gasteiger partial charge in [0.2, 0.25) is 0 Å². The van der Waals surface area contributed by atoms with Crippen molar-refractivity contribution in [3.8, 4) is 5.75 Å². The second kappa shape index (κ2) is 12.3. The molecule has 4 heteroatoms. The zero-order chi connectivity index (χ0) is 25.5. The van der Waals surface area contributed by atoms with Crippen molar-refractivity contribution in [2.45, 2.75) is 66.5 Å². The Bertz CT molecular complexity index is 1150. The third-order valence-electron chi connectivity index (χ3n) is 6.01. The highest BCUT2D eigenvalue weighted by molar-refractivity contribution is 6.32. The van der Waals surface area contributed by atoms with Crippen molar-refractivity contribution < 1.29 is 9.13 Å². The second-order valence-corrected chi connectivity index (χ2v) is 10.2. The third-order valence-corrected chi connectivity index (χ3v) is 6.30. The average molecular weight is 494 g/mol. The molecule has 186 valence electrons. The highest BCUT2D eigenvalue weighted by Gasteiger charge is 2.17. The van der Waals surface area contributed by atoms with Crippen LogP contribution in [0, 0.1) is 25.6 Å². The SMILES string of the molecule is C=C(NC(CC(C)C)c1cc(C)cc(C)c1)c1cc(COc2ccc(F)cc2Cl)ccc1CCC. The highest BCUT2D eigenvalue weighted by Crippen LogP contribution is 2.29. The van der Waals surface area contributed by atoms with E-state index in [1.165, 1.54) is 34.4 Å². The molecular formula is C31H37ClFNO. The molecule has 35 heavy (non-hydrogen) atoms. The van der Waals surface area contributed by atoms with E-state index in [2.05, 4.69) is 82.9 Å². The van der Waals surface area contributed by atoms with Gasteiger partial charge in [-0.15, -0.1) is 0 Å². The van der Waals surface area contributed by atoms with E-state index >= 15 is 0 Å².